The first-order valence-electron chi connectivity index (χ1n) is 4.36. The number of aromatic amines is 1. The number of halogens is 1. The Morgan fingerprint density at radius 2 is 2.46 bits per heavy atom. The molecular weight excluding hydrogens is 232 g/mol. The fourth-order valence-electron chi connectivity index (χ4n) is 1.19. The number of rotatable bonds is 3. The van der Waals surface area contributed by atoms with Crippen LogP contribution in [0.3, 0.4) is 0 Å². The van der Waals surface area contributed by atoms with Crippen molar-refractivity contribution in [3.63, 3.8) is 0 Å². The molecule has 3 nitrogen and oxygen atoms in total. The molecule has 0 bridgehead atoms. The zero-order valence-electron chi connectivity index (χ0n) is 7.14. The van der Waals surface area contributed by atoms with Crippen LogP contribution in [0, 0.1) is 5.92 Å². The van der Waals surface area contributed by atoms with Crippen molar-refractivity contribution in [3.8, 4) is 0 Å². The third kappa shape index (κ3) is 2.34. The summed E-state index contributed by atoms with van der Waals surface area (Å²) in [6, 6.07) is 1.97. The van der Waals surface area contributed by atoms with E-state index in [1.54, 1.807) is 0 Å². The standard InChI is InChI=1S/C9H11BrN2O/c10-7-3-8(11-4-7)5-12-9(13)6-1-2-6/h3-4,6,11H,1-2,5H2,(H,12,13). The summed E-state index contributed by atoms with van der Waals surface area (Å²) in [5, 5.41) is 2.88. The Balaban J connectivity index is 1.81. The van der Waals surface area contributed by atoms with Crippen molar-refractivity contribution in [1.82, 2.24) is 10.3 Å². The van der Waals surface area contributed by atoms with E-state index in [1.165, 1.54) is 0 Å². The van der Waals surface area contributed by atoms with Gasteiger partial charge in [0, 0.05) is 22.3 Å². The lowest BCUT2D eigenvalue weighted by molar-refractivity contribution is -0.122. The maximum atomic E-state index is 11.2. The van der Waals surface area contributed by atoms with Crippen molar-refractivity contribution < 1.29 is 4.79 Å². The molecule has 1 amide bonds. The number of nitrogens with one attached hydrogen (secondary N) is 2. The van der Waals surface area contributed by atoms with Gasteiger partial charge in [0.05, 0.1) is 6.54 Å². The van der Waals surface area contributed by atoms with Gasteiger partial charge in [0.2, 0.25) is 5.91 Å². The van der Waals surface area contributed by atoms with Gasteiger partial charge >= 0.3 is 0 Å². The molecule has 0 unspecified atom stereocenters. The molecule has 1 aromatic heterocycles. The lowest BCUT2D eigenvalue weighted by atomic mass is 10.3. The molecule has 70 valence electrons. The van der Waals surface area contributed by atoms with Gasteiger partial charge < -0.3 is 10.3 Å². The normalized spacial score (nSPS) is 15.8. The molecular formula is C9H11BrN2O. The van der Waals surface area contributed by atoms with E-state index in [-0.39, 0.29) is 5.91 Å². The predicted molar refractivity (Wildman–Crippen MR) is 53.1 cm³/mol. The first-order valence-corrected chi connectivity index (χ1v) is 5.15. The molecule has 1 fully saturated rings. The number of carbonyl (C=O) groups excluding carboxylic acids is 1. The van der Waals surface area contributed by atoms with Crippen molar-refractivity contribution in [1.29, 1.82) is 0 Å². The molecule has 1 heterocycles. The summed E-state index contributed by atoms with van der Waals surface area (Å²) in [7, 11) is 0. The zero-order valence-corrected chi connectivity index (χ0v) is 8.73. The molecule has 0 atom stereocenters. The first kappa shape index (κ1) is 8.81. The molecule has 0 aliphatic heterocycles. The minimum absolute atomic E-state index is 0.186. The molecule has 2 N–H and O–H groups in total. The highest BCUT2D eigenvalue weighted by Crippen LogP contribution is 2.28. The van der Waals surface area contributed by atoms with Gasteiger partial charge in [-0.25, -0.2) is 0 Å². The van der Waals surface area contributed by atoms with Crippen LogP contribution in [0.2, 0.25) is 0 Å². The third-order valence-electron chi connectivity index (χ3n) is 2.11. The summed E-state index contributed by atoms with van der Waals surface area (Å²) in [4.78, 5) is 14.3. The summed E-state index contributed by atoms with van der Waals surface area (Å²) in [5.74, 6) is 0.476. The largest absolute Gasteiger partial charge is 0.362 e. The Labute approximate surface area is 85.0 Å². The third-order valence-corrected chi connectivity index (χ3v) is 2.57. The molecule has 1 saturated carbocycles. The number of aromatic nitrogens is 1. The number of H-pyrrole nitrogens is 1. The Morgan fingerprint density at radius 3 is 3.00 bits per heavy atom. The number of amides is 1. The quantitative estimate of drug-likeness (QED) is 0.835. The van der Waals surface area contributed by atoms with E-state index in [9.17, 15) is 4.79 Å². The second-order valence-electron chi connectivity index (χ2n) is 3.34. The van der Waals surface area contributed by atoms with Crippen molar-refractivity contribution in [2.75, 3.05) is 0 Å². The van der Waals surface area contributed by atoms with Crippen LogP contribution in [0.25, 0.3) is 0 Å². The Morgan fingerprint density at radius 1 is 1.69 bits per heavy atom. The fraction of sp³-hybridized carbons (Fsp3) is 0.444. The fourth-order valence-corrected chi connectivity index (χ4v) is 1.58. The molecule has 1 aliphatic carbocycles. The summed E-state index contributed by atoms with van der Waals surface area (Å²) in [5.41, 5.74) is 1.03. The molecule has 0 aromatic carbocycles. The minimum Gasteiger partial charge on any atom is -0.362 e. The average molecular weight is 243 g/mol. The Bertz CT molecular complexity index is 317. The second kappa shape index (κ2) is 3.54. The van der Waals surface area contributed by atoms with E-state index in [0.717, 1.165) is 23.0 Å². The van der Waals surface area contributed by atoms with Crippen LogP contribution in [0.4, 0.5) is 0 Å². The van der Waals surface area contributed by atoms with E-state index >= 15 is 0 Å². The second-order valence-corrected chi connectivity index (χ2v) is 4.25. The topological polar surface area (TPSA) is 44.9 Å². The highest BCUT2D eigenvalue weighted by atomic mass is 79.9. The molecule has 0 saturated heterocycles. The van der Waals surface area contributed by atoms with E-state index in [1.807, 2.05) is 12.3 Å². The van der Waals surface area contributed by atoms with Gasteiger partial charge in [0.15, 0.2) is 0 Å². The summed E-state index contributed by atoms with van der Waals surface area (Å²) < 4.78 is 1.02. The lowest BCUT2D eigenvalue weighted by Gasteiger charge is -2.00. The van der Waals surface area contributed by atoms with E-state index in [2.05, 4.69) is 26.2 Å². The van der Waals surface area contributed by atoms with Gasteiger partial charge in [-0.15, -0.1) is 0 Å². The van der Waals surface area contributed by atoms with Gasteiger partial charge in [-0.2, -0.15) is 0 Å². The zero-order chi connectivity index (χ0) is 9.26. The maximum Gasteiger partial charge on any atom is 0.223 e. The van der Waals surface area contributed by atoms with Gasteiger partial charge in [0.1, 0.15) is 0 Å². The van der Waals surface area contributed by atoms with E-state index < -0.39 is 0 Å². The van der Waals surface area contributed by atoms with Gasteiger partial charge in [-0.1, -0.05) is 0 Å². The van der Waals surface area contributed by atoms with Gasteiger partial charge in [0.25, 0.3) is 0 Å². The lowest BCUT2D eigenvalue weighted by Crippen LogP contribution is -2.24. The number of hydrogen-bond donors (Lipinski definition) is 2. The minimum atomic E-state index is 0.186. The number of hydrogen-bond acceptors (Lipinski definition) is 1. The SMILES string of the molecule is O=C(NCc1cc(Br)c[nH]1)C1CC1. The van der Waals surface area contributed by atoms with E-state index in [0.29, 0.717) is 12.5 Å². The molecule has 13 heavy (non-hydrogen) atoms. The van der Waals surface area contributed by atoms with Crippen LogP contribution < -0.4 is 5.32 Å². The summed E-state index contributed by atoms with van der Waals surface area (Å²) in [6.45, 7) is 0.598. The molecule has 2 rings (SSSR count). The summed E-state index contributed by atoms with van der Waals surface area (Å²) in [6.07, 6.45) is 3.97. The van der Waals surface area contributed by atoms with Crippen LogP contribution >= 0.6 is 15.9 Å². The first-order chi connectivity index (χ1) is 6.25. The van der Waals surface area contributed by atoms with Crippen molar-refractivity contribution in [3.05, 3.63) is 22.4 Å². The summed E-state index contributed by atoms with van der Waals surface area (Å²) >= 11 is 3.34. The molecule has 1 aliphatic rings. The van der Waals surface area contributed by atoms with Crippen molar-refractivity contribution in [2.24, 2.45) is 5.92 Å². The monoisotopic (exact) mass is 242 g/mol. The maximum absolute atomic E-state index is 11.2. The highest BCUT2D eigenvalue weighted by molar-refractivity contribution is 9.10. The average Bonchev–Trinajstić information content (AvgIpc) is 2.87. The Kier molecular flexibility index (Phi) is 2.40. The van der Waals surface area contributed by atoms with Gasteiger partial charge in [-0.05, 0) is 34.8 Å². The molecule has 0 radical (unpaired) electrons. The predicted octanol–water partition coefficient (Wildman–Crippen LogP) is 1.80. The number of carbonyl (C=O) groups is 1. The van der Waals surface area contributed by atoms with Crippen LogP contribution in [0.5, 0.6) is 0 Å². The van der Waals surface area contributed by atoms with Crippen LogP contribution in [-0.2, 0) is 11.3 Å². The Hall–Kier alpha value is -0.770. The molecule has 0 spiro atoms. The molecule has 4 heteroatoms. The molecule has 1 aromatic rings. The van der Waals surface area contributed by atoms with Crippen LogP contribution in [-0.4, -0.2) is 10.9 Å². The smallest absolute Gasteiger partial charge is 0.223 e. The van der Waals surface area contributed by atoms with Crippen molar-refractivity contribution in [2.45, 2.75) is 19.4 Å². The van der Waals surface area contributed by atoms with Crippen LogP contribution in [0.15, 0.2) is 16.7 Å². The van der Waals surface area contributed by atoms with E-state index in [4.69, 9.17) is 0 Å². The van der Waals surface area contributed by atoms with Crippen LogP contribution in [0.1, 0.15) is 18.5 Å². The highest BCUT2D eigenvalue weighted by Gasteiger charge is 2.29. The van der Waals surface area contributed by atoms with Crippen molar-refractivity contribution >= 4 is 21.8 Å². The van der Waals surface area contributed by atoms with Gasteiger partial charge in [-0.3, -0.25) is 4.79 Å².